The second-order valence-electron chi connectivity index (χ2n) is 5.02. The van der Waals surface area contributed by atoms with Crippen molar-refractivity contribution in [3.63, 3.8) is 0 Å². The van der Waals surface area contributed by atoms with Crippen molar-refractivity contribution in [3.8, 4) is 5.69 Å². The fourth-order valence-corrected chi connectivity index (χ4v) is 3.10. The lowest BCUT2D eigenvalue weighted by atomic mass is 10.1. The standard InChI is InChI=1S/C16H13BrCl2N2/c1-9-5-12(6-10(2)16(9)17)21-14-7-11(19)3-4-13(14)20-15(21)8-18/h3-7H,8H2,1-2H3. The third kappa shape index (κ3) is 2.59. The topological polar surface area (TPSA) is 17.8 Å². The zero-order chi connectivity index (χ0) is 15.1. The van der Waals surface area contributed by atoms with Gasteiger partial charge in [0.1, 0.15) is 5.82 Å². The molecule has 0 unspecified atom stereocenters. The Hall–Kier alpha value is -1.03. The van der Waals surface area contributed by atoms with Gasteiger partial charge in [-0.05, 0) is 55.3 Å². The molecule has 108 valence electrons. The average Bonchev–Trinajstić information content (AvgIpc) is 2.81. The summed E-state index contributed by atoms with van der Waals surface area (Å²) in [6, 6.07) is 9.93. The van der Waals surface area contributed by atoms with Crippen LogP contribution in [0, 0.1) is 13.8 Å². The van der Waals surface area contributed by atoms with Crippen molar-refractivity contribution in [1.82, 2.24) is 9.55 Å². The molecule has 21 heavy (non-hydrogen) atoms. The first-order chi connectivity index (χ1) is 10.0. The quantitative estimate of drug-likeness (QED) is 0.511. The summed E-state index contributed by atoms with van der Waals surface area (Å²) in [5.74, 6) is 1.16. The molecule has 0 saturated heterocycles. The summed E-state index contributed by atoms with van der Waals surface area (Å²) in [6.45, 7) is 4.15. The molecule has 0 fully saturated rings. The Kier molecular flexibility index (Phi) is 4.00. The zero-order valence-corrected chi connectivity index (χ0v) is 14.7. The van der Waals surface area contributed by atoms with Crippen molar-refractivity contribution in [1.29, 1.82) is 0 Å². The normalized spacial score (nSPS) is 11.3. The smallest absolute Gasteiger partial charge is 0.129 e. The van der Waals surface area contributed by atoms with Crippen LogP contribution in [0.1, 0.15) is 17.0 Å². The maximum atomic E-state index is 6.14. The number of aromatic nitrogens is 2. The number of rotatable bonds is 2. The van der Waals surface area contributed by atoms with Gasteiger partial charge in [-0.3, -0.25) is 4.57 Å². The molecule has 3 rings (SSSR count). The molecular formula is C16H13BrCl2N2. The first-order valence-corrected chi connectivity index (χ1v) is 8.22. The van der Waals surface area contributed by atoms with E-state index in [-0.39, 0.29) is 0 Å². The van der Waals surface area contributed by atoms with Gasteiger partial charge in [0.05, 0.1) is 16.9 Å². The maximum Gasteiger partial charge on any atom is 0.129 e. The van der Waals surface area contributed by atoms with E-state index in [1.165, 1.54) is 11.1 Å². The first kappa shape index (κ1) is 14.9. The molecule has 0 amide bonds. The number of aryl methyl sites for hydroxylation is 2. The molecule has 0 atom stereocenters. The Morgan fingerprint density at radius 3 is 2.43 bits per heavy atom. The van der Waals surface area contributed by atoms with Gasteiger partial charge in [0.2, 0.25) is 0 Å². The Bertz CT molecular complexity index is 817. The summed E-state index contributed by atoms with van der Waals surface area (Å²) in [4.78, 5) is 4.59. The Morgan fingerprint density at radius 2 is 1.81 bits per heavy atom. The van der Waals surface area contributed by atoms with E-state index in [2.05, 4.69) is 51.5 Å². The summed E-state index contributed by atoms with van der Waals surface area (Å²) in [5.41, 5.74) is 5.27. The van der Waals surface area contributed by atoms with Crippen molar-refractivity contribution >= 4 is 50.2 Å². The molecule has 0 radical (unpaired) electrons. The molecule has 0 N–H and O–H groups in total. The summed E-state index contributed by atoms with van der Waals surface area (Å²) < 4.78 is 3.20. The van der Waals surface area contributed by atoms with Crippen LogP contribution in [-0.4, -0.2) is 9.55 Å². The number of halogens is 3. The van der Waals surface area contributed by atoms with Gasteiger partial charge >= 0.3 is 0 Å². The van der Waals surface area contributed by atoms with E-state index in [0.717, 1.165) is 27.0 Å². The molecule has 0 bridgehead atoms. The summed E-state index contributed by atoms with van der Waals surface area (Å²) in [5, 5.41) is 0.690. The Labute approximate surface area is 141 Å². The number of hydrogen-bond acceptors (Lipinski definition) is 1. The highest BCUT2D eigenvalue weighted by atomic mass is 79.9. The molecule has 1 heterocycles. The molecule has 0 aliphatic rings. The highest BCUT2D eigenvalue weighted by Gasteiger charge is 2.13. The molecule has 2 aromatic carbocycles. The number of benzene rings is 2. The zero-order valence-electron chi connectivity index (χ0n) is 11.6. The van der Waals surface area contributed by atoms with Crippen LogP contribution < -0.4 is 0 Å². The van der Waals surface area contributed by atoms with E-state index < -0.39 is 0 Å². The Balaban J connectivity index is 2.35. The van der Waals surface area contributed by atoms with E-state index in [4.69, 9.17) is 23.2 Å². The van der Waals surface area contributed by atoms with Crippen molar-refractivity contribution < 1.29 is 0 Å². The average molecular weight is 384 g/mol. The highest BCUT2D eigenvalue weighted by Crippen LogP contribution is 2.29. The van der Waals surface area contributed by atoms with Gasteiger partial charge < -0.3 is 0 Å². The maximum absolute atomic E-state index is 6.14. The molecule has 5 heteroatoms. The van der Waals surface area contributed by atoms with Crippen LogP contribution in [0.2, 0.25) is 5.02 Å². The van der Waals surface area contributed by atoms with Gasteiger partial charge in [-0.15, -0.1) is 11.6 Å². The fraction of sp³-hybridized carbons (Fsp3) is 0.188. The second-order valence-corrected chi connectivity index (χ2v) is 6.52. The molecule has 0 aliphatic heterocycles. The molecular weight excluding hydrogens is 371 g/mol. The molecule has 1 aromatic heterocycles. The van der Waals surface area contributed by atoms with Crippen molar-refractivity contribution in [2.24, 2.45) is 0 Å². The van der Waals surface area contributed by atoms with Crippen LogP contribution in [0.25, 0.3) is 16.7 Å². The van der Waals surface area contributed by atoms with Crippen LogP contribution in [0.4, 0.5) is 0 Å². The summed E-state index contributed by atoms with van der Waals surface area (Å²) >= 11 is 15.8. The van der Waals surface area contributed by atoms with Crippen LogP contribution in [-0.2, 0) is 5.88 Å². The number of imidazole rings is 1. The monoisotopic (exact) mass is 382 g/mol. The predicted molar refractivity (Wildman–Crippen MR) is 92.8 cm³/mol. The third-order valence-electron chi connectivity index (χ3n) is 3.48. The van der Waals surface area contributed by atoms with Crippen molar-refractivity contribution in [2.75, 3.05) is 0 Å². The van der Waals surface area contributed by atoms with E-state index >= 15 is 0 Å². The van der Waals surface area contributed by atoms with Gasteiger partial charge in [-0.1, -0.05) is 27.5 Å². The molecule has 0 aliphatic carbocycles. The van der Waals surface area contributed by atoms with Gasteiger partial charge in [0.15, 0.2) is 0 Å². The van der Waals surface area contributed by atoms with Gasteiger partial charge in [-0.2, -0.15) is 0 Å². The minimum absolute atomic E-state index is 0.348. The third-order valence-corrected chi connectivity index (χ3v) is 5.21. The minimum atomic E-state index is 0.348. The van der Waals surface area contributed by atoms with E-state index in [9.17, 15) is 0 Å². The number of alkyl halides is 1. The lowest BCUT2D eigenvalue weighted by Crippen LogP contribution is -2.01. The predicted octanol–water partition coefficient (Wildman–Crippen LogP) is 5.80. The lowest BCUT2D eigenvalue weighted by Gasteiger charge is -2.12. The SMILES string of the molecule is Cc1cc(-n2c(CCl)nc3ccc(Cl)cc32)cc(C)c1Br. The van der Waals surface area contributed by atoms with Crippen molar-refractivity contribution in [2.45, 2.75) is 19.7 Å². The minimum Gasteiger partial charge on any atom is -0.295 e. The largest absolute Gasteiger partial charge is 0.295 e. The highest BCUT2D eigenvalue weighted by molar-refractivity contribution is 9.10. The van der Waals surface area contributed by atoms with Crippen molar-refractivity contribution in [3.05, 3.63) is 56.8 Å². The van der Waals surface area contributed by atoms with Gasteiger partial charge in [0, 0.05) is 15.2 Å². The van der Waals surface area contributed by atoms with E-state index in [1.807, 2.05) is 18.2 Å². The number of hydrogen-bond donors (Lipinski definition) is 0. The fourth-order valence-electron chi connectivity index (χ4n) is 2.53. The van der Waals surface area contributed by atoms with Crippen LogP contribution >= 0.6 is 39.1 Å². The lowest BCUT2D eigenvalue weighted by molar-refractivity contribution is 0.977. The van der Waals surface area contributed by atoms with E-state index in [1.54, 1.807) is 0 Å². The van der Waals surface area contributed by atoms with Crippen LogP contribution in [0.15, 0.2) is 34.8 Å². The first-order valence-electron chi connectivity index (χ1n) is 6.51. The van der Waals surface area contributed by atoms with Crippen LogP contribution in [0.3, 0.4) is 0 Å². The van der Waals surface area contributed by atoms with Crippen LogP contribution in [0.5, 0.6) is 0 Å². The number of nitrogens with zero attached hydrogens (tertiary/aromatic N) is 2. The number of fused-ring (bicyclic) bond motifs is 1. The van der Waals surface area contributed by atoms with Gasteiger partial charge in [0.25, 0.3) is 0 Å². The second kappa shape index (κ2) is 5.64. The summed E-state index contributed by atoms with van der Waals surface area (Å²) in [6.07, 6.45) is 0. The summed E-state index contributed by atoms with van der Waals surface area (Å²) in [7, 11) is 0. The molecule has 0 saturated carbocycles. The van der Waals surface area contributed by atoms with E-state index in [0.29, 0.717) is 10.9 Å². The molecule has 2 nitrogen and oxygen atoms in total. The van der Waals surface area contributed by atoms with Gasteiger partial charge in [-0.25, -0.2) is 4.98 Å². The molecule has 0 spiro atoms. The Morgan fingerprint density at radius 1 is 1.14 bits per heavy atom. The molecule has 3 aromatic rings.